The molecule has 31 heavy (non-hydrogen) atoms. The van der Waals surface area contributed by atoms with Crippen LogP contribution in [0.15, 0.2) is 72.4 Å². The van der Waals surface area contributed by atoms with Crippen molar-refractivity contribution >= 4 is 44.1 Å². The zero-order chi connectivity index (χ0) is 20.6. The molecule has 5 aromatic rings. The summed E-state index contributed by atoms with van der Waals surface area (Å²) in [4.78, 5) is 24.6. The van der Waals surface area contributed by atoms with Crippen molar-refractivity contribution in [2.75, 3.05) is 36.0 Å². The Morgan fingerprint density at radius 1 is 0.677 bits per heavy atom. The van der Waals surface area contributed by atoms with Gasteiger partial charge in [-0.15, -0.1) is 11.3 Å². The highest BCUT2D eigenvalue weighted by atomic mass is 32.1. The molecular formula is C24H20N6S. The standard InChI is InChI=1S/C24H20N6S/c1-2-6-17(7-3-1)21-27-20-9-5-4-8-18(20)23(28-21)30-13-11-29(12-14-30)22-19-10-15-31-24(19)26-16-25-22/h1-10,15-16H,11-14H2. The van der Waals surface area contributed by atoms with Crippen molar-refractivity contribution < 1.29 is 0 Å². The van der Waals surface area contributed by atoms with Gasteiger partial charge >= 0.3 is 0 Å². The molecule has 6 nitrogen and oxygen atoms in total. The number of fused-ring (bicyclic) bond motifs is 2. The van der Waals surface area contributed by atoms with Crippen molar-refractivity contribution in [3.8, 4) is 11.4 Å². The van der Waals surface area contributed by atoms with Crippen molar-refractivity contribution in [1.29, 1.82) is 0 Å². The van der Waals surface area contributed by atoms with Gasteiger partial charge in [0.2, 0.25) is 0 Å². The minimum atomic E-state index is 0.771. The van der Waals surface area contributed by atoms with Gasteiger partial charge in [0, 0.05) is 37.1 Å². The maximum absolute atomic E-state index is 5.01. The molecule has 4 heterocycles. The molecular weight excluding hydrogens is 404 g/mol. The molecule has 0 radical (unpaired) electrons. The summed E-state index contributed by atoms with van der Waals surface area (Å²) < 4.78 is 0. The van der Waals surface area contributed by atoms with E-state index in [4.69, 9.17) is 9.97 Å². The Bertz CT molecular complexity index is 1360. The van der Waals surface area contributed by atoms with Gasteiger partial charge in [0.25, 0.3) is 0 Å². The molecule has 152 valence electrons. The average molecular weight is 425 g/mol. The van der Waals surface area contributed by atoms with E-state index < -0.39 is 0 Å². The Kier molecular flexibility index (Phi) is 4.46. The van der Waals surface area contributed by atoms with Gasteiger partial charge in [-0.3, -0.25) is 0 Å². The quantitative estimate of drug-likeness (QED) is 0.421. The van der Waals surface area contributed by atoms with Gasteiger partial charge in [-0.1, -0.05) is 42.5 Å². The molecule has 0 spiro atoms. The van der Waals surface area contributed by atoms with Crippen LogP contribution in [0.1, 0.15) is 0 Å². The van der Waals surface area contributed by atoms with E-state index in [1.165, 1.54) is 0 Å². The summed E-state index contributed by atoms with van der Waals surface area (Å²) in [6, 6.07) is 20.6. The van der Waals surface area contributed by atoms with E-state index in [2.05, 4.69) is 61.5 Å². The van der Waals surface area contributed by atoms with Crippen LogP contribution in [0, 0.1) is 0 Å². The fourth-order valence-electron chi connectivity index (χ4n) is 4.18. The maximum atomic E-state index is 5.01. The van der Waals surface area contributed by atoms with Gasteiger partial charge in [0.05, 0.1) is 10.9 Å². The number of para-hydroxylation sites is 1. The lowest BCUT2D eigenvalue weighted by Crippen LogP contribution is -2.47. The van der Waals surface area contributed by atoms with Gasteiger partial charge in [0.1, 0.15) is 22.8 Å². The predicted octanol–water partition coefficient (Wildman–Crippen LogP) is 4.63. The second kappa shape index (κ2) is 7.59. The van der Waals surface area contributed by atoms with Gasteiger partial charge in [-0.2, -0.15) is 0 Å². The summed E-state index contributed by atoms with van der Waals surface area (Å²) in [5.41, 5.74) is 2.01. The van der Waals surface area contributed by atoms with E-state index >= 15 is 0 Å². The molecule has 2 aromatic carbocycles. The van der Waals surface area contributed by atoms with Gasteiger partial charge in [-0.05, 0) is 23.6 Å². The topological polar surface area (TPSA) is 58.0 Å². The number of hydrogen-bond donors (Lipinski definition) is 0. The number of aromatic nitrogens is 4. The fourth-order valence-corrected chi connectivity index (χ4v) is 4.90. The van der Waals surface area contributed by atoms with E-state index in [0.29, 0.717) is 0 Å². The molecule has 0 aliphatic carbocycles. The van der Waals surface area contributed by atoms with E-state index in [9.17, 15) is 0 Å². The van der Waals surface area contributed by atoms with Crippen LogP contribution in [0.4, 0.5) is 11.6 Å². The molecule has 3 aromatic heterocycles. The highest BCUT2D eigenvalue weighted by Gasteiger charge is 2.23. The second-order valence-electron chi connectivity index (χ2n) is 7.56. The lowest BCUT2D eigenvalue weighted by molar-refractivity contribution is 0.644. The molecule has 7 heteroatoms. The molecule has 0 saturated carbocycles. The van der Waals surface area contributed by atoms with Crippen molar-refractivity contribution in [2.24, 2.45) is 0 Å². The average Bonchev–Trinajstić information content (AvgIpc) is 3.33. The van der Waals surface area contributed by atoms with Gasteiger partial charge in [-0.25, -0.2) is 19.9 Å². The van der Waals surface area contributed by atoms with Crippen LogP contribution in [0.25, 0.3) is 32.5 Å². The molecule has 0 atom stereocenters. The van der Waals surface area contributed by atoms with E-state index in [0.717, 1.165) is 70.3 Å². The Balaban J connectivity index is 1.34. The minimum Gasteiger partial charge on any atom is -0.352 e. The van der Waals surface area contributed by atoms with Crippen molar-refractivity contribution in [1.82, 2.24) is 19.9 Å². The summed E-state index contributed by atoms with van der Waals surface area (Å²) in [6.45, 7) is 3.54. The molecule has 1 saturated heterocycles. The third-order valence-corrected chi connectivity index (χ3v) is 6.56. The number of nitrogens with zero attached hydrogens (tertiary/aromatic N) is 6. The minimum absolute atomic E-state index is 0.771. The predicted molar refractivity (Wildman–Crippen MR) is 127 cm³/mol. The molecule has 1 fully saturated rings. The molecule has 1 aliphatic rings. The number of thiophene rings is 1. The smallest absolute Gasteiger partial charge is 0.162 e. The van der Waals surface area contributed by atoms with Crippen molar-refractivity contribution in [3.63, 3.8) is 0 Å². The van der Waals surface area contributed by atoms with Crippen LogP contribution >= 0.6 is 11.3 Å². The Morgan fingerprint density at radius 3 is 2.26 bits per heavy atom. The van der Waals surface area contributed by atoms with Crippen molar-refractivity contribution in [3.05, 3.63) is 72.4 Å². The summed E-state index contributed by atoms with van der Waals surface area (Å²) in [5, 5.41) is 4.31. The number of piperazine rings is 1. The van der Waals surface area contributed by atoms with Crippen LogP contribution in [0.2, 0.25) is 0 Å². The first-order valence-corrected chi connectivity index (χ1v) is 11.2. The molecule has 0 bridgehead atoms. The number of anilines is 2. The normalized spacial score (nSPS) is 14.5. The first-order valence-electron chi connectivity index (χ1n) is 10.4. The second-order valence-corrected chi connectivity index (χ2v) is 8.46. The van der Waals surface area contributed by atoms with Crippen LogP contribution in [-0.2, 0) is 0 Å². The fraction of sp³-hybridized carbons (Fsp3) is 0.167. The first kappa shape index (κ1) is 18.2. The Labute approximate surface area is 183 Å². The number of hydrogen-bond acceptors (Lipinski definition) is 7. The van der Waals surface area contributed by atoms with Crippen LogP contribution in [0.5, 0.6) is 0 Å². The molecule has 1 aliphatic heterocycles. The summed E-state index contributed by atoms with van der Waals surface area (Å²) >= 11 is 1.66. The number of benzene rings is 2. The first-order chi connectivity index (χ1) is 15.4. The summed E-state index contributed by atoms with van der Waals surface area (Å²) in [7, 11) is 0. The molecule has 0 N–H and O–H groups in total. The zero-order valence-corrected chi connectivity index (χ0v) is 17.7. The van der Waals surface area contributed by atoms with Crippen LogP contribution in [-0.4, -0.2) is 46.1 Å². The van der Waals surface area contributed by atoms with Crippen LogP contribution in [0.3, 0.4) is 0 Å². The zero-order valence-electron chi connectivity index (χ0n) is 16.8. The van der Waals surface area contributed by atoms with Gasteiger partial charge in [0.15, 0.2) is 5.82 Å². The Morgan fingerprint density at radius 2 is 1.42 bits per heavy atom. The number of rotatable bonds is 3. The summed E-state index contributed by atoms with van der Waals surface area (Å²) in [6.07, 6.45) is 1.67. The van der Waals surface area contributed by atoms with E-state index in [1.54, 1.807) is 17.7 Å². The third kappa shape index (κ3) is 3.27. The van der Waals surface area contributed by atoms with Gasteiger partial charge < -0.3 is 9.80 Å². The molecule has 6 rings (SSSR count). The van der Waals surface area contributed by atoms with Crippen LogP contribution < -0.4 is 9.80 Å². The highest BCUT2D eigenvalue weighted by molar-refractivity contribution is 7.16. The summed E-state index contributed by atoms with van der Waals surface area (Å²) in [5.74, 6) is 2.81. The lowest BCUT2D eigenvalue weighted by Gasteiger charge is -2.36. The lowest BCUT2D eigenvalue weighted by atomic mass is 10.1. The Hall–Kier alpha value is -3.58. The van der Waals surface area contributed by atoms with E-state index in [1.807, 2.05) is 24.3 Å². The molecule has 0 amide bonds. The SMILES string of the molecule is c1ccc(-c2nc(N3CCN(c4ncnc5sccc45)CC3)c3ccccc3n2)cc1. The maximum Gasteiger partial charge on any atom is 0.162 e. The molecule has 0 unspecified atom stereocenters. The van der Waals surface area contributed by atoms with E-state index in [-0.39, 0.29) is 0 Å². The monoisotopic (exact) mass is 424 g/mol. The van der Waals surface area contributed by atoms with Crippen molar-refractivity contribution in [2.45, 2.75) is 0 Å². The third-order valence-electron chi connectivity index (χ3n) is 5.73. The largest absolute Gasteiger partial charge is 0.352 e. The highest BCUT2D eigenvalue weighted by Crippen LogP contribution is 2.31.